The number of aromatic nitrogens is 1. The minimum atomic E-state index is 0.591. The lowest BCUT2D eigenvalue weighted by Gasteiger charge is -2.11. The number of rotatable bonds is 3. The van der Waals surface area contributed by atoms with E-state index < -0.39 is 0 Å². The van der Waals surface area contributed by atoms with Crippen LogP contribution in [0, 0.1) is 0 Å². The molecule has 0 saturated heterocycles. The molecule has 0 spiro atoms. The minimum Gasteiger partial charge on any atom is -0.261 e. The quantitative estimate of drug-likeness (QED) is 0.690. The Hall–Kier alpha value is -0.850. The molecule has 0 saturated carbocycles. The van der Waals surface area contributed by atoms with Crippen molar-refractivity contribution in [3.8, 4) is 0 Å². The topological polar surface area (TPSA) is 12.9 Å². The fourth-order valence-electron chi connectivity index (χ4n) is 1.58. The van der Waals surface area contributed by atoms with Gasteiger partial charge in [-0.3, -0.25) is 4.98 Å². The predicted octanol–water partition coefficient (Wildman–Crippen LogP) is 3.33. The molecule has 0 atom stereocenters. The summed E-state index contributed by atoms with van der Waals surface area (Å²) >= 11 is 0. The van der Waals surface area contributed by atoms with E-state index in [0.717, 1.165) is 12.8 Å². The van der Waals surface area contributed by atoms with Gasteiger partial charge in [0.15, 0.2) is 0 Å². The second-order valence-electron chi connectivity index (χ2n) is 3.74. The largest absolute Gasteiger partial charge is 0.261 e. The zero-order chi connectivity index (χ0) is 9.84. The molecule has 1 rings (SSSR count). The van der Waals surface area contributed by atoms with Crippen molar-refractivity contribution in [2.45, 2.75) is 46.5 Å². The molecule has 0 radical (unpaired) electrons. The van der Waals surface area contributed by atoms with E-state index >= 15 is 0 Å². The first-order chi connectivity index (χ1) is 6.19. The highest BCUT2D eigenvalue weighted by molar-refractivity contribution is 5.29. The van der Waals surface area contributed by atoms with Crippen molar-refractivity contribution in [1.82, 2.24) is 4.98 Å². The average molecular weight is 177 g/mol. The Morgan fingerprint density at radius 3 is 2.38 bits per heavy atom. The SMILES string of the molecule is CCc1cc(CC)c(C(C)C)cn1. The van der Waals surface area contributed by atoms with Crippen LogP contribution < -0.4 is 0 Å². The Kier molecular flexibility index (Phi) is 3.47. The van der Waals surface area contributed by atoms with Crippen LogP contribution in [0.3, 0.4) is 0 Å². The Labute approximate surface area is 81.2 Å². The summed E-state index contributed by atoms with van der Waals surface area (Å²) in [7, 11) is 0. The summed E-state index contributed by atoms with van der Waals surface area (Å²) in [6, 6.07) is 2.25. The van der Waals surface area contributed by atoms with Gasteiger partial charge in [-0.2, -0.15) is 0 Å². The lowest BCUT2D eigenvalue weighted by Crippen LogP contribution is -1.99. The van der Waals surface area contributed by atoms with E-state index in [1.54, 1.807) is 0 Å². The summed E-state index contributed by atoms with van der Waals surface area (Å²) in [5.74, 6) is 0.591. The Morgan fingerprint density at radius 1 is 1.23 bits per heavy atom. The van der Waals surface area contributed by atoms with Gasteiger partial charge in [0, 0.05) is 11.9 Å². The summed E-state index contributed by atoms with van der Waals surface area (Å²) in [6.45, 7) is 8.81. The first-order valence-corrected chi connectivity index (χ1v) is 5.16. The van der Waals surface area contributed by atoms with Crippen molar-refractivity contribution in [1.29, 1.82) is 0 Å². The van der Waals surface area contributed by atoms with Gasteiger partial charge in [0.25, 0.3) is 0 Å². The van der Waals surface area contributed by atoms with Gasteiger partial charge in [-0.1, -0.05) is 27.7 Å². The summed E-state index contributed by atoms with van der Waals surface area (Å²) in [5, 5.41) is 0. The molecule has 0 aliphatic heterocycles. The van der Waals surface area contributed by atoms with Crippen molar-refractivity contribution in [2.24, 2.45) is 0 Å². The molecule has 0 aliphatic rings. The van der Waals surface area contributed by atoms with Crippen LogP contribution in [0.15, 0.2) is 12.3 Å². The van der Waals surface area contributed by atoms with E-state index in [9.17, 15) is 0 Å². The van der Waals surface area contributed by atoms with E-state index in [2.05, 4.69) is 38.7 Å². The van der Waals surface area contributed by atoms with Crippen molar-refractivity contribution >= 4 is 0 Å². The molecule has 1 nitrogen and oxygen atoms in total. The van der Waals surface area contributed by atoms with Gasteiger partial charge in [-0.25, -0.2) is 0 Å². The Balaban J connectivity index is 3.08. The van der Waals surface area contributed by atoms with Crippen molar-refractivity contribution in [3.63, 3.8) is 0 Å². The predicted molar refractivity (Wildman–Crippen MR) is 57.1 cm³/mol. The molecule has 0 aromatic carbocycles. The number of hydrogen-bond donors (Lipinski definition) is 0. The summed E-state index contributed by atoms with van der Waals surface area (Å²) < 4.78 is 0. The van der Waals surface area contributed by atoms with Gasteiger partial charge in [-0.05, 0) is 36.0 Å². The highest BCUT2D eigenvalue weighted by atomic mass is 14.7. The Morgan fingerprint density at radius 2 is 1.92 bits per heavy atom. The first-order valence-electron chi connectivity index (χ1n) is 5.16. The molecule has 0 N–H and O–H groups in total. The van der Waals surface area contributed by atoms with E-state index in [0.29, 0.717) is 5.92 Å². The summed E-state index contributed by atoms with van der Waals surface area (Å²) in [6.07, 6.45) is 4.19. The van der Waals surface area contributed by atoms with Crippen LogP contribution in [-0.4, -0.2) is 4.98 Å². The summed E-state index contributed by atoms with van der Waals surface area (Å²) in [5.41, 5.74) is 4.07. The maximum Gasteiger partial charge on any atom is 0.0403 e. The Bertz CT molecular complexity index is 276. The average Bonchev–Trinajstić information content (AvgIpc) is 2.16. The monoisotopic (exact) mass is 177 g/mol. The normalized spacial score (nSPS) is 10.8. The molecule has 1 heteroatoms. The van der Waals surface area contributed by atoms with Crippen LogP contribution in [0.1, 0.15) is 50.4 Å². The van der Waals surface area contributed by atoms with E-state index in [-0.39, 0.29) is 0 Å². The van der Waals surface area contributed by atoms with Crippen LogP contribution in [0.25, 0.3) is 0 Å². The first kappa shape index (κ1) is 10.2. The number of aryl methyl sites for hydroxylation is 2. The fraction of sp³-hybridized carbons (Fsp3) is 0.583. The molecule has 1 heterocycles. The molecule has 0 amide bonds. The zero-order valence-electron chi connectivity index (χ0n) is 9.09. The maximum atomic E-state index is 4.43. The van der Waals surface area contributed by atoms with Gasteiger partial charge in [0.05, 0.1) is 0 Å². The minimum absolute atomic E-state index is 0.591. The molecule has 0 fully saturated rings. The van der Waals surface area contributed by atoms with Gasteiger partial charge < -0.3 is 0 Å². The second kappa shape index (κ2) is 4.40. The molecular formula is C12H19N. The van der Waals surface area contributed by atoms with Gasteiger partial charge in [0.2, 0.25) is 0 Å². The van der Waals surface area contributed by atoms with E-state index in [1.165, 1.54) is 16.8 Å². The zero-order valence-corrected chi connectivity index (χ0v) is 9.09. The second-order valence-corrected chi connectivity index (χ2v) is 3.74. The van der Waals surface area contributed by atoms with Gasteiger partial charge in [-0.15, -0.1) is 0 Å². The molecule has 1 aromatic heterocycles. The number of pyridine rings is 1. The number of nitrogens with zero attached hydrogens (tertiary/aromatic N) is 1. The highest BCUT2D eigenvalue weighted by Crippen LogP contribution is 2.19. The lowest BCUT2D eigenvalue weighted by atomic mass is 9.97. The van der Waals surface area contributed by atoms with E-state index in [1.807, 2.05) is 6.20 Å². The van der Waals surface area contributed by atoms with Gasteiger partial charge >= 0.3 is 0 Å². The van der Waals surface area contributed by atoms with Crippen LogP contribution >= 0.6 is 0 Å². The van der Waals surface area contributed by atoms with E-state index in [4.69, 9.17) is 0 Å². The molecule has 13 heavy (non-hydrogen) atoms. The molecular weight excluding hydrogens is 158 g/mol. The fourth-order valence-corrected chi connectivity index (χ4v) is 1.58. The van der Waals surface area contributed by atoms with Crippen LogP contribution in [0.2, 0.25) is 0 Å². The molecule has 0 bridgehead atoms. The van der Waals surface area contributed by atoms with Crippen LogP contribution in [0.5, 0.6) is 0 Å². The van der Waals surface area contributed by atoms with Crippen molar-refractivity contribution < 1.29 is 0 Å². The van der Waals surface area contributed by atoms with Gasteiger partial charge in [0.1, 0.15) is 0 Å². The maximum absolute atomic E-state index is 4.43. The highest BCUT2D eigenvalue weighted by Gasteiger charge is 2.06. The third-order valence-electron chi connectivity index (χ3n) is 2.45. The standard InChI is InChI=1S/C12H19N/c1-5-10-7-11(6-2)13-8-12(10)9(3)4/h7-9H,5-6H2,1-4H3. The number of hydrogen-bond acceptors (Lipinski definition) is 1. The van der Waals surface area contributed by atoms with Crippen molar-refractivity contribution in [2.75, 3.05) is 0 Å². The third-order valence-corrected chi connectivity index (χ3v) is 2.45. The third kappa shape index (κ3) is 2.30. The molecule has 0 aliphatic carbocycles. The smallest absolute Gasteiger partial charge is 0.0403 e. The molecule has 1 aromatic rings. The van der Waals surface area contributed by atoms with Crippen LogP contribution in [-0.2, 0) is 12.8 Å². The van der Waals surface area contributed by atoms with Crippen LogP contribution in [0.4, 0.5) is 0 Å². The van der Waals surface area contributed by atoms with Crippen molar-refractivity contribution in [3.05, 3.63) is 29.1 Å². The molecule has 72 valence electrons. The molecule has 0 unspecified atom stereocenters. The summed E-state index contributed by atoms with van der Waals surface area (Å²) in [4.78, 5) is 4.43. The lowest BCUT2D eigenvalue weighted by molar-refractivity contribution is 0.826.